The second-order valence-corrected chi connectivity index (χ2v) is 4.64. The van der Waals surface area contributed by atoms with Gasteiger partial charge in [-0.05, 0) is 31.5 Å². The van der Waals surface area contributed by atoms with Crippen LogP contribution < -0.4 is 5.32 Å². The lowest BCUT2D eigenvalue weighted by Gasteiger charge is -2.24. The van der Waals surface area contributed by atoms with Gasteiger partial charge in [-0.1, -0.05) is 23.7 Å². The van der Waals surface area contributed by atoms with Crippen LogP contribution in [-0.2, 0) is 14.3 Å². The van der Waals surface area contributed by atoms with Gasteiger partial charge in [0.1, 0.15) is 12.7 Å². The van der Waals surface area contributed by atoms with Crippen LogP contribution in [0, 0.1) is 0 Å². The average Bonchev–Trinajstić information content (AvgIpc) is 2.39. The molecule has 1 N–H and O–H groups in total. The van der Waals surface area contributed by atoms with E-state index in [2.05, 4.69) is 5.32 Å². The summed E-state index contributed by atoms with van der Waals surface area (Å²) in [6, 6.07) is 7.23. The lowest BCUT2D eigenvalue weighted by molar-refractivity contribution is -0.127. The third-order valence-electron chi connectivity index (χ3n) is 2.73. The van der Waals surface area contributed by atoms with E-state index in [4.69, 9.17) is 21.1 Å². The lowest BCUT2D eigenvalue weighted by Crippen LogP contribution is -2.39. The van der Waals surface area contributed by atoms with Gasteiger partial charge in [-0.25, -0.2) is 0 Å². The van der Waals surface area contributed by atoms with Crippen LogP contribution in [0.15, 0.2) is 24.3 Å². The molecule has 5 heteroatoms. The maximum atomic E-state index is 11.6. The quantitative estimate of drug-likeness (QED) is 0.837. The van der Waals surface area contributed by atoms with Gasteiger partial charge in [-0.2, -0.15) is 0 Å². The number of hydrogen-bond donors (Lipinski definition) is 1. The zero-order chi connectivity index (χ0) is 14.3. The molecule has 0 aliphatic heterocycles. The normalized spacial score (nSPS) is 13.9. The van der Waals surface area contributed by atoms with Crippen molar-refractivity contribution in [1.82, 2.24) is 5.32 Å². The number of nitrogens with one attached hydrogen (secondary N) is 1. The fourth-order valence-corrected chi connectivity index (χ4v) is 1.97. The van der Waals surface area contributed by atoms with Crippen molar-refractivity contribution in [3.8, 4) is 0 Å². The molecule has 2 atom stereocenters. The van der Waals surface area contributed by atoms with Crippen LogP contribution in [0.1, 0.15) is 25.5 Å². The van der Waals surface area contributed by atoms with Crippen LogP contribution in [0.2, 0.25) is 5.02 Å². The molecule has 19 heavy (non-hydrogen) atoms. The molecule has 0 aliphatic rings. The number of methoxy groups -OCH3 is 1. The molecular formula is C14H20ClNO3. The van der Waals surface area contributed by atoms with E-state index < -0.39 is 0 Å². The predicted molar refractivity (Wildman–Crippen MR) is 75.3 cm³/mol. The largest absolute Gasteiger partial charge is 0.375 e. The van der Waals surface area contributed by atoms with Crippen molar-refractivity contribution in [2.24, 2.45) is 0 Å². The molecule has 4 nitrogen and oxygen atoms in total. The molecule has 1 amide bonds. The van der Waals surface area contributed by atoms with E-state index in [-0.39, 0.29) is 24.7 Å². The van der Waals surface area contributed by atoms with Crippen LogP contribution in [-0.4, -0.2) is 32.3 Å². The van der Waals surface area contributed by atoms with E-state index in [1.807, 2.05) is 26.0 Å². The van der Waals surface area contributed by atoms with E-state index in [9.17, 15) is 4.79 Å². The second-order valence-electron chi connectivity index (χ2n) is 4.20. The van der Waals surface area contributed by atoms with Crippen LogP contribution in [0.3, 0.4) is 0 Å². The molecule has 106 valence electrons. The van der Waals surface area contributed by atoms with Crippen LogP contribution in [0.4, 0.5) is 0 Å². The first-order valence-electron chi connectivity index (χ1n) is 6.23. The average molecular weight is 286 g/mol. The van der Waals surface area contributed by atoms with Crippen molar-refractivity contribution in [2.45, 2.75) is 26.0 Å². The van der Waals surface area contributed by atoms with E-state index >= 15 is 0 Å². The summed E-state index contributed by atoms with van der Waals surface area (Å²) in [5, 5.41) is 3.53. The molecule has 1 aromatic carbocycles. The van der Waals surface area contributed by atoms with Gasteiger partial charge >= 0.3 is 0 Å². The third-order valence-corrected chi connectivity index (χ3v) is 2.98. The van der Waals surface area contributed by atoms with E-state index in [1.165, 1.54) is 0 Å². The Bertz CT molecular complexity index is 394. The van der Waals surface area contributed by atoms with Crippen LogP contribution in [0.25, 0.3) is 0 Å². The molecule has 0 fully saturated rings. The summed E-state index contributed by atoms with van der Waals surface area (Å²) in [6.45, 7) is 4.33. The molecular weight excluding hydrogens is 266 g/mol. The highest BCUT2D eigenvalue weighted by atomic mass is 35.5. The van der Waals surface area contributed by atoms with Gasteiger partial charge in [0.05, 0.1) is 6.04 Å². The minimum absolute atomic E-state index is 0.0674. The monoisotopic (exact) mass is 285 g/mol. The molecule has 0 bridgehead atoms. The first-order valence-corrected chi connectivity index (χ1v) is 6.61. The van der Waals surface area contributed by atoms with Gasteiger partial charge in [0, 0.05) is 18.7 Å². The van der Waals surface area contributed by atoms with Crippen molar-refractivity contribution in [3.63, 3.8) is 0 Å². The number of carbonyl (C=O) groups is 1. The zero-order valence-electron chi connectivity index (χ0n) is 11.5. The van der Waals surface area contributed by atoms with Crippen molar-refractivity contribution in [3.05, 3.63) is 34.9 Å². The summed E-state index contributed by atoms with van der Waals surface area (Å²) in [7, 11) is 1.62. The van der Waals surface area contributed by atoms with E-state index in [0.717, 1.165) is 5.56 Å². The summed E-state index contributed by atoms with van der Waals surface area (Å²) in [5.41, 5.74) is 0.969. The SMILES string of the molecule is CCOCC(=O)N[C@@H](C)[C@@H](OC)c1ccc(Cl)cc1. The third kappa shape index (κ3) is 5.19. The predicted octanol–water partition coefficient (Wildman–Crippen LogP) is 2.57. The Labute approximate surface area is 119 Å². The Morgan fingerprint density at radius 1 is 1.37 bits per heavy atom. The highest BCUT2D eigenvalue weighted by Gasteiger charge is 2.20. The first kappa shape index (κ1) is 16.0. The molecule has 0 saturated carbocycles. The van der Waals surface area contributed by atoms with Crippen LogP contribution in [0.5, 0.6) is 0 Å². The van der Waals surface area contributed by atoms with Crippen molar-refractivity contribution in [2.75, 3.05) is 20.3 Å². The number of halogens is 1. The fourth-order valence-electron chi connectivity index (χ4n) is 1.85. The topological polar surface area (TPSA) is 47.6 Å². The second kappa shape index (κ2) is 8.15. The molecule has 1 rings (SSSR count). The Morgan fingerprint density at radius 3 is 2.53 bits per heavy atom. The smallest absolute Gasteiger partial charge is 0.246 e. The Balaban J connectivity index is 2.63. The number of carbonyl (C=O) groups excluding carboxylic acids is 1. The summed E-state index contributed by atoms with van der Waals surface area (Å²) < 4.78 is 10.5. The van der Waals surface area contributed by atoms with Gasteiger partial charge in [-0.3, -0.25) is 4.79 Å². The number of amides is 1. The molecule has 0 saturated heterocycles. The molecule has 0 heterocycles. The summed E-state index contributed by atoms with van der Waals surface area (Å²) in [6.07, 6.45) is -0.220. The molecule has 0 spiro atoms. The molecule has 0 aliphatic carbocycles. The number of ether oxygens (including phenoxy) is 2. The van der Waals surface area contributed by atoms with Crippen LogP contribution >= 0.6 is 11.6 Å². The number of hydrogen-bond acceptors (Lipinski definition) is 3. The molecule has 1 aromatic rings. The summed E-state index contributed by atoms with van der Waals surface area (Å²) in [5.74, 6) is -0.148. The molecule has 0 radical (unpaired) electrons. The maximum Gasteiger partial charge on any atom is 0.246 e. The van der Waals surface area contributed by atoms with Gasteiger partial charge in [0.25, 0.3) is 0 Å². The van der Waals surface area contributed by atoms with Crippen molar-refractivity contribution >= 4 is 17.5 Å². The van der Waals surface area contributed by atoms with Gasteiger partial charge < -0.3 is 14.8 Å². The van der Waals surface area contributed by atoms with E-state index in [1.54, 1.807) is 19.2 Å². The lowest BCUT2D eigenvalue weighted by atomic mass is 10.0. The van der Waals surface area contributed by atoms with Crippen molar-refractivity contribution < 1.29 is 14.3 Å². The summed E-state index contributed by atoms with van der Waals surface area (Å²) >= 11 is 5.85. The maximum absolute atomic E-state index is 11.6. The van der Waals surface area contributed by atoms with Gasteiger partial charge in [-0.15, -0.1) is 0 Å². The molecule has 0 unspecified atom stereocenters. The highest BCUT2D eigenvalue weighted by molar-refractivity contribution is 6.30. The van der Waals surface area contributed by atoms with Gasteiger partial charge in [0.2, 0.25) is 5.91 Å². The fraction of sp³-hybridized carbons (Fsp3) is 0.500. The van der Waals surface area contributed by atoms with Gasteiger partial charge in [0.15, 0.2) is 0 Å². The number of rotatable bonds is 7. The standard InChI is InChI=1S/C14H20ClNO3/c1-4-19-9-13(17)16-10(2)14(18-3)11-5-7-12(15)8-6-11/h5-8,10,14H,4,9H2,1-3H3,(H,16,17)/t10-,14+/m0/s1. The minimum atomic E-state index is -0.220. The Hall–Kier alpha value is -1.10. The Kier molecular flexibility index (Phi) is 6.84. The highest BCUT2D eigenvalue weighted by Crippen LogP contribution is 2.22. The minimum Gasteiger partial charge on any atom is -0.375 e. The summed E-state index contributed by atoms with van der Waals surface area (Å²) in [4.78, 5) is 11.6. The van der Waals surface area contributed by atoms with Crippen molar-refractivity contribution in [1.29, 1.82) is 0 Å². The molecule has 0 aromatic heterocycles. The van der Waals surface area contributed by atoms with E-state index in [0.29, 0.717) is 11.6 Å². The zero-order valence-corrected chi connectivity index (χ0v) is 12.2. The Morgan fingerprint density at radius 2 is 2.00 bits per heavy atom. The number of benzene rings is 1. The first-order chi connectivity index (χ1) is 9.08.